The highest BCUT2D eigenvalue weighted by Crippen LogP contribution is 2.29. The molecule has 0 aliphatic heterocycles. The molecule has 1 rings (SSSR count). The molecule has 1 heterocycles. The Morgan fingerprint density at radius 1 is 1.38 bits per heavy atom. The SMILES string of the molecule is CCNC(C)C(c1ncncc1I)C(C)C. The van der Waals surface area contributed by atoms with Gasteiger partial charge < -0.3 is 5.32 Å². The molecule has 0 aliphatic carbocycles. The van der Waals surface area contributed by atoms with Crippen molar-refractivity contribution in [3.05, 3.63) is 21.8 Å². The van der Waals surface area contributed by atoms with Crippen LogP contribution in [0, 0.1) is 9.49 Å². The van der Waals surface area contributed by atoms with E-state index in [1.807, 2.05) is 6.20 Å². The van der Waals surface area contributed by atoms with Crippen LogP contribution in [0.4, 0.5) is 0 Å². The van der Waals surface area contributed by atoms with Crippen LogP contribution in [0.15, 0.2) is 12.5 Å². The lowest BCUT2D eigenvalue weighted by molar-refractivity contribution is 0.374. The third-order valence-corrected chi connectivity index (χ3v) is 3.63. The molecule has 0 saturated carbocycles. The molecule has 0 aliphatic rings. The summed E-state index contributed by atoms with van der Waals surface area (Å²) in [6.07, 6.45) is 3.53. The Morgan fingerprint density at radius 2 is 2.06 bits per heavy atom. The monoisotopic (exact) mass is 333 g/mol. The zero-order valence-corrected chi connectivity index (χ0v) is 12.5. The molecule has 0 fully saturated rings. The first kappa shape index (κ1) is 13.8. The van der Waals surface area contributed by atoms with Gasteiger partial charge >= 0.3 is 0 Å². The summed E-state index contributed by atoms with van der Waals surface area (Å²) in [4.78, 5) is 8.50. The van der Waals surface area contributed by atoms with Crippen LogP contribution in [0.5, 0.6) is 0 Å². The molecule has 1 N–H and O–H groups in total. The molecule has 16 heavy (non-hydrogen) atoms. The number of halogens is 1. The van der Waals surface area contributed by atoms with Gasteiger partial charge in [-0.15, -0.1) is 0 Å². The Labute approximate surface area is 112 Å². The summed E-state index contributed by atoms with van der Waals surface area (Å²) in [7, 11) is 0. The summed E-state index contributed by atoms with van der Waals surface area (Å²) < 4.78 is 1.16. The van der Waals surface area contributed by atoms with Crippen LogP contribution in [-0.4, -0.2) is 22.6 Å². The molecule has 2 unspecified atom stereocenters. The Balaban J connectivity index is 2.98. The van der Waals surface area contributed by atoms with Crippen LogP contribution in [0.3, 0.4) is 0 Å². The third kappa shape index (κ3) is 3.38. The molecule has 3 nitrogen and oxygen atoms in total. The van der Waals surface area contributed by atoms with Crippen molar-refractivity contribution in [2.45, 2.75) is 39.7 Å². The highest BCUT2D eigenvalue weighted by atomic mass is 127. The van der Waals surface area contributed by atoms with Gasteiger partial charge in [0.05, 0.1) is 9.26 Å². The van der Waals surface area contributed by atoms with E-state index >= 15 is 0 Å². The van der Waals surface area contributed by atoms with Crippen LogP contribution >= 0.6 is 22.6 Å². The molecule has 1 aromatic heterocycles. The van der Waals surface area contributed by atoms with Gasteiger partial charge in [-0.3, -0.25) is 0 Å². The number of rotatable bonds is 5. The maximum atomic E-state index is 4.44. The summed E-state index contributed by atoms with van der Waals surface area (Å²) in [5.41, 5.74) is 1.17. The lowest BCUT2D eigenvalue weighted by atomic mass is 9.86. The van der Waals surface area contributed by atoms with E-state index in [1.54, 1.807) is 6.33 Å². The van der Waals surface area contributed by atoms with Gasteiger partial charge in [0.25, 0.3) is 0 Å². The standard InChI is InChI=1S/C12H20IN3/c1-5-15-9(4)11(8(2)3)12-10(13)6-14-7-16-12/h6-9,11,15H,5H2,1-4H3. The summed E-state index contributed by atoms with van der Waals surface area (Å²) in [6, 6.07) is 0.438. The third-order valence-electron chi connectivity index (χ3n) is 2.79. The van der Waals surface area contributed by atoms with E-state index in [2.05, 4.69) is 65.6 Å². The van der Waals surface area contributed by atoms with Gasteiger partial charge in [-0.2, -0.15) is 0 Å². The quantitative estimate of drug-likeness (QED) is 0.842. The zero-order valence-electron chi connectivity index (χ0n) is 10.4. The first-order chi connectivity index (χ1) is 7.57. The maximum Gasteiger partial charge on any atom is 0.115 e. The van der Waals surface area contributed by atoms with E-state index in [1.165, 1.54) is 5.69 Å². The normalized spacial score (nSPS) is 15.1. The first-order valence-electron chi connectivity index (χ1n) is 5.76. The number of likely N-dealkylation sites (N-methyl/N-ethyl adjacent to an activating group) is 1. The van der Waals surface area contributed by atoms with E-state index < -0.39 is 0 Å². The maximum absolute atomic E-state index is 4.44. The topological polar surface area (TPSA) is 37.8 Å². The minimum Gasteiger partial charge on any atom is -0.314 e. The molecular weight excluding hydrogens is 313 g/mol. The molecule has 0 amide bonds. The molecule has 0 aromatic carbocycles. The predicted molar refractivity (Wildman–Crippen MR) is 75.5 cm³/mol. The van der Waals surface area contributed by atoms with E-state index in [0.29, 0.717) is 17.9 Å². The second-order valence-corrected chi connectivity index (χ2v) is 5.53. The molecule has 4 heteroatoms. The largest absolute Gasteiger partial charge is 0.314 e. The number of aromatic nitrogens is 2. The summed E-state index contributed by atoms with van der Waals surface area (Å²) in [5, 5.41) is 3.49. The average molecular weight is 333 g/mol. The fourth-order valence-electron chi connectivity index (χ4n) is 2.15. The highest BCUT2D eigenvalue weighted by molar-refractivity contribution is 14.1. The van der Waals surface area contributed by atoms with Gasteiger partial charge in [-0.25, -0.2) is 9.97 Å². The number of nitrogens with one attached hydrogen (secondary N) is 1. The van der Waals surface area contributed by atoms with Crippen LogP contribution in [-0.2, 0) is 0 Å². The van der Waals surface area contributed by atoms with Gasteiger partial charge in [0.15, 0.2) is 0 Å². The lowest BCUT2D eigenvalue weighted by Gasteiger charge is -2.28. The average Bonchev–Trinajstić information content (AvgIpc) is 2.21. The first-order valence-corrected chi connectivity index (χ1v) is 6.84. The molecule has 0 spiro atoms. The van der Waals surface area contributed by atoms with Crippen molar-refractivity contribution in [1.29, 1.82) is 0 Å². The Kier molecular flexibility index (Phi) is 5.61. The lowest BCUT2D eigenvalue weighted by Crippen LogP contribution is -2.35. The number of hydrogen-bond acceptors (Lipinski definition) is 3. The second kappa shape index (κ2) is 6.49. The number of nitrogens with zero attached hydrogens (tertiary/aromatic N) is 2. The smallest absolute Gasteiger partial charge is 0.115 e. The van der Waals surface area contributed by atoms with Crippen molar-refractivity contribution in [3.63, 3.8) is 0 Å². The highest BCUT2D eigenvalue weighted by Gasteiger charge is 2.25. The minimum absolute atomic E-state index is 0.438. The van der Waals surface area contributed by atoms with Gasteiger partial charge in [-0.05, 0) is 42.0 Å². The van der Waals surface area contributed by atoms with Crippen molar-refractivity contribution in [1.82, 2.24) is 15.3 Å². The second-order valence-electron chi connectivity index (χ2n) is 4.37. The van der Waals surface area contributed by atoms with Crippen molar-refractivity contribution in [2.75, 3.05) is 6.54 Å². The van der Waals surface area contributed by atoms with E-state index in [9.17, 15) is 0 Å². The Hall–Kier alpha value is -0.230. The molecule has 90 valence electrons. The fourth-order valence-corrected chi connectivity index (χ4v) is 2.81. The summed E-state index contributed by atoms with van der Waals surface area (Å²) >= 11 is 2.32. The molecule has 0 bridgehead atoms. The van der Waals surface area contributed by atoms with Crippen molar-refractivity contribution in [2.24, 2.45) is 5.92 Å². The Bertz CT molecular complexity index is 328. The van der Waals surface area contributed by atoms with Gasteiger partial charge in [0, 0.05) is 18.2 Å². The fraction of sp³-hybridized carbons (Fsp3) is 0.667. The van der Waals surface area contributed by atoms with Crippen molar-refractivity contribution in [3.8, 4) is 0 Å². The molecular formula is C12H20IN3. The zero-order chi connectivity index (χ0) is 12.1. The van der Waals surface area contributed by atoms with Gasteiger partial charge in [0.1, 0.15) is 6.33 Å². The van der Waals surface area contributed by atoms with Crippen LogP contribution in [0.25, 0.3) is 0 Å². The molecule has 2 atom stereocenters. The summed E-state index contributed by atoms with van der Waals surface area (Å²) in [5.74, 6) is 1.01. The number of hydrogen-bond donors (Lipinski definition) is 1. The molecule has 1 aromatic rings. The van der Waals surface area contributed by atoms with Crippen LogP contribution in [0.2, 0.25) is 0 Å². The molecule has 0 radical (unpaired) electrons. The van der Waals surface area contributed by atoms with Crippen molar-refractivity contribution < 1.29 is 0 Å². The Morgan fingerprint density at radius 3 is 2.56 bits per heavy atom. The minimum atomic E-state index is 0.438. The van der Waals surface area contributed by atoms with E-state index in [-0.39, 0.29) is 0 Å². The summed E-state index contributed by atoms with van der Waals surface area (Å²) in [6.45, 7) is 9.85. The van der Waals surface area contributed by atoms with E-state index in [4.69, 9.17) is 0 Å². The van der Waals surface area contributed by atoms with Gasteiger partial charge in [0.2, 0.25) is 0 Å². The van der Waals surface area contributed by atoms with Crippen LogP contribution < -0.4 is 5.32 Å². The predicted octanol–water partition coefficient (Wildman–Crippen LogP) is 2.82. The van der Waals surface area contributed by atoms with Gasteiger partial charge in [-0.1, -0.05) is 20.8 Å². The van der Waals surface area contributed by atoms with Crippen LogP contribution in [0.1, 0.15) is 39.3 Å². The molecule has 0 saturated heterocycles. The van der Waals surface area contributed by atoms with Crippen molar-refractivity contribution >= 4 is 22.6 Å². The van der Waals surface area contributed by atoms with E-state index in [0.717, 1.165) is 10.1 Å².